The van der Waals surface area contributed by atoms with E-state index in [1.165, 1.54) is 24.8 Å². The predicted molar refractivity (Wildman–Crippen MR) is 78.1 cm³/mol. The van der Waals surface area contributed by atoms with Crippen molar-refractivity contribution in [2.24, 2.45) is 11.0 Å². The molecule has 3 heteroatoms. The molecule has 102 valence electrons. The van der Waals surface area contributed by atoms with Crippen LogP contribution in [0.1, 0.15) is 50.5 Å². The topological polar surface area (TPSA) is 41.5 Å². The van der Waals surface area contributed by atoms with E-state index in [9.17, 15) is 4.79 Å². The lowest BCUT2D eigenvalue weighted by molar-refractivity contribution is -0.125. The Bertz CT molecular complexity index is 422. The van der Waals surface area contributed by atoms with Gasteiger partial charge in [0.15, 0.2) is 0 Å². The van der Waals surface area contributed by atoms with Crippen LogP contribution >= 0.6 is 0 Å². The first-order chi connectivity index (χ1) is 9.27. The zero-order valence-corrected chi connectivity index (χ0v) is 11.5. The highest BCUT2D eigenvalue weighted by Crippen LogP contribution is 2.23. The number of hydrogen-bond donors (Lipinski definition) is 1. The fourth-order valence-corrected chi connectivity index (χ4v) is 2.51. The lowest BCUT2D eigenvalue weighted by Crippen LogP contribution is -2.28. The van der Waals surface area contributed by atoms with Gasteiger partial charge < -0.3 is 0 Å². The molecular formula is C16H22N2O. The second kappa shape index (κ2) is 7.07. The molecule has 0 spiro atoms. The minimum atomic E-state index is 0.0798. The molecule has 19 heavy (non-hydrogen) atoms. The maximum absolute atomic E-state index is 11.9. The molecule has 1 aliphatic rings. The summed E-state index contributed by atoms with van der Waals surface area (Å²) < 4.78 is 0. The first kappa shape index (κ1) is 13.8. The van der Waals surface area contributed by atoms with Gasteiger partial charge in [-0.2, -0.15) is 5.10 Å². The van der Waals surface area contributed by atoms with Crippen LogP contribution < -0.4 is 5.43 Å². The number of amides is 1. The molecule has 0 aliphatic heterocycles. The highest BCUT2D eigenvalue weighted by atomic mass is 16.2. The van der Waals surface area contributed by atoms with Gasteiger partial charge in [-0.25, -0.2) is 5.43 Å². The second-order valence-corrected chi connectivity index (χ2v) is 5.29. The molecule has 1 N–H and O–H groups in total. The van der Waals surface area contributed by atoms with Crippen molar-refractivity contribution in [2.45, 2.75) is 44.9 Å². The number of nitrogens with zero attached hydrogens (tertiary/aromatic N) is 1. The van der Waals surface area contributed by atoms with E-state index in [0.29, 0.717) is 0 Å². The predicted octanol–water partition coefficient (Wildman–Crippen LogP) is 3.47. The molecule has 3 nitrogen and oxygen atoms in total. The Kier molecular flexibility index (Phi) is 5.13. The van der Waals surface area contributed by atoms with Crippen molar-refractivity contribution in [1.82, 2.24) is 5.43 Å². The molecule has 0 aromatic heterocycles. The number of carbonyl (C=O) groups is 1. The number of nitrogens with one attached hydrogen (secondary N) is 1. The van der Waals surface area contributed by atoms with Crippen molar-refractivity contribution < 1.29 is 4.79 Å². The zero-order valence-electron chi connectivity index (χ0n) is 11.5. The van der Waals surface area contributed by atoms with Crippen molar-refractivity contribution in [3.63, 3.8) is 0 Å². The third-order valence-electron chi connectivity index (χ3n) is 3.77. The van der Waals surface area contributed by atoms with E-state index in [2.05, 4.69) is 29.6 Å². The van der Waals surface area contributed by atoms with Crippen molar-refractivity contribution in [3.8, 4) is 0 Å². The van der Waals surface area contributed by atoms with Gasteiger partial charge in [0.2, 0.25) is 5.91 Å². The molecule has 1 aliphatic carbocycles. The third-order valence-corrected chi connectivity index (χ3v) is 3.77. The number of carbonyl (C=O) groups excluding carboxylic acids is 1. The normalized spacial score (nSPS) is 18.4. The number of benzene rings is 1. The highest BCUT2D eigenvalue weighted by molar-refractivity contribution is 5.79. The van der Waals surface area contributed by atoms with E-state index < -0.39 is 0 Å². The first-order valence-corrected chi connectivity index (χ1v) is 7.15. The molecule has 1 fully saturated rings. The summed E-state index contributed by atoms with van der Waals surface area (Å²) in [4.78, 5) is 11.9. The SMILES string of the molecule is C[C@@H](/C=N\NC(=O)C1CCCCC1)c1ccccc1. The van der Waals surface area contributed by atoms with Crippen molar-refractivity contribution in [1.29, 1.82) is 0 Å². The average molecular weight is 258 g/mol. The molecule has 1 aromatic rings. The smallest absolute Gasteiger partial charge is 0.243 e. The van der Waals surface area contributed by atoms with Crippen LogP contribution in [0.4, 0.5) is 0 Å². The van der Waals surface area contributed by atoms with Crippen molar-refractivity contribution >= 4 is 12.1 Å². The Labute approximate surface area is 115 Å². The van der Waals surface area contributed by atoms with E-state index in [-0.39, 0.29) is 17.7 Å². The van der Waals surface area contributed by atoms with E-state index in [1.54, 1.807) is 6.21 Å². The Morgan fingerprint density at radius 2 is 1.95 bits per heavy atom. The van der Waals surface area contributed by atoms with Gasteiger partial charge in [-0.15, -0.1) is 0 Å². The van der Waals surface area contributed by atoms with Crippen molar-refractivity contribution in [2.75, 3.05) is 0 Å². The van der Waals surface area contributed by atoms with Crippen LogP contribution in [0.15, 0.2) is 35.4 Å². The fourth-order valence-electron chi connectivity index (χ4n) is 2.51. The van der Waals surface area contributed by atoms with Gasteiger partial charge in [-0.1, -0.05) is 56.5 Å². The fraction of sp³-hybridized carbons (Fsp3) is 0.500. The minimum Gasteiger partial charge on any atom is -0.273 e. The molecule has 1 atom stereocenters. The quantitative estimate of drug-likeness (QED) is 0.652. The molecule has 0 bridgehead atoms. The van der Waals surface area contributed by atoms with Crippen LogP contribution in [0.5, 0.6) is 0 Å². The molecule has 0 radical (unpaired) electrons. The van der Waals surface area contributed by atoms with Crippen LogP contribution in [0, 0.1) is 5.92 Å². The molecular weight excluding hydrogens is 236 g/mol. The second-order valence-electron chi connectivity index (χ2n) is 5.29. The van der Waals surface area contributed by atoms with Crippen LogP contribution in [0.2, 0.25) is 0 Å². The maximum atomic E-state index is 11.9. The average Bonchev–Trinajstić information content (AvgIpc) is 2.49. The Balaban J connectivity index is 1.81. The highest BCUT2D eigenvalue weighted by Gasteiger charge is 2.20. The summed E-state index contributed by atoms with van der Waals surface area (Å²) >= 11 is 0. The monoisotopic (exact) mass is 258 g/mol. The van der Waals surface area contributed by atoms with Gasteiger partial charge in [-0.05, 0) is 18.4 Å². The molecule has 0 heterocycles. The van der Waals surface area contributed by atoms with E-state index >= 15 is 0 Å². The zero-order chi connectivity index (χ0) is 13.5. The summed E-state index contributed by atoms with van der Waals surface area (Å²) in [5.41, 5.74) is 3.89. The van der Waals surface area contributed by atoms with Crippen LogP contribution in [0.3, 0.4) is 0 Å². The van der Waals surface area contributed by atoms with Crippen LogP contribution in [-0.2, 0) is 4.79 Å². The molecule has 0 unspecified atom stereocenters. The molecule has 1 amide bonds. The third kappa shape index (κ3) is 4.19. The summed E-state index contributed by atoms with van der Waals surface area (Å²) in [5, 5.41) is 4.10. The molecule has 0 saturated heterocycles. The summed E-state index contributed by atoms with van der Waals surface area (Å²) in [7, 11) is 0. The van der Waals surface area contributed by atoms with E-state index in [0.717, 1.165) is 12.8 Å². The maximum Gasteiger partial charge on any atom is 0.243 e. The van der Waals surface area contributed by atoms with Gasteiger partial charge in [-0.3, -0.25) is 4.79 Å². The minimum absolute atomic E-state index is 0.0798. The van der Waals surface area contributed by atoms with Gasteiger partial charge >= 0.3 is 0 Å². The van der Waals surface area contributed by atoms with E-state index in [1.807, 2.05) is 18.2 Å². The summed E-state index contributed by atoms with van der Waals surface area (Å²) in [6, 6.07) is 10.2. The number of hydrogen-bond acceptors (Lipinski definition) is 2. The number of rotatable bonds is 4. The van der Waals surface area contributed by atoms with Gasteiger partial charge in [0.25, 0.3) is 0 Å². The standard InChI is InChI=1S/C16H22N2O/c1-13(14-8-4-2-5-9-14)12-17-18-16(19)15-10-6-3-7-11-15/h2,4-5,8-9,12-13,15H,3,6-7,10-11H2,1H3,(H,18,19)/b17-12-/t13-/m0/s1. The van der Waals surface area contributed by atoms with Gasteiger partial charge in [0.05, 0.1) is 0 Å². The Morgan fingerprint density at radius 1 is 1.26 bits per heavy atom. The molecule has 1 saturated carbocycles. The lowest BCUT2D eigenvalue weighted by atomic mass is 9.89. The Hall–Kier alpha value is -1.64. The summed E-state index contributed by atoms with van der Waals surface area (Å²) in [5.74, 6) is 0.460. The van der Waals surface area contributed by atoms with Gasteiger partial charge in [0, 0.05) is 18.1 Å². The first-order valence-electron chi connectivity index (χ1n) is 7.15. The van der Waals surface area contributed by atoms with Gasteiger partial charge in [0.1, 0.15) is 0 Å². The van der Waals surface area contributed by atoms with Crippen LogP contribution in [0.25, 0.3) is 0 Å². The molecule has 1 aromatic carbocycles. The largest absolute Gasteiger partial charge is 0.273 e. The molecule has 2 rings (SSSR count). The summed E-state index contributed by atoms with van der Waals surface area (Å²) in [6.07, 6.45) is 7.42. The van der Waals surface area contributed by atoms with Crippen LogP contribution in [-0.4, -0.2) is 12.1 Å². The summed E-state index contributed by atoms with van der Waals surface area (Å²) in [6.45, 7) is 2.07. The van der Waals surface area contributed by atoms with Crippen molar-refractivity contribution in [3.05, 3.63) is 35.9 Å². The number of hydrazone groups is 1. The lowest BCUT2D eigenvalue weighted by Gasteiger charge is -2.19. The Morgan fingerprint density at radius 3 is 2.63 bits per heavy atom. The van der Waals surface area contributed by atoms with E-state index in [4.69, 9.17) is 0 Å².